The predicted octanol–water partition coefficient (Wildman–Crippen LogP) is 5.56. The lowest BCUT2D eigenvalue weighted by molar-refractivity contribution is 0.290. The number of rotatable bonds is 4. The maximum Gasteiger partial charge on any atom is 0.191 e. The van der Waals surface area contributed by atoms with Gasteiger partial charge in [0.25, 0.3) is 0 Å². The Labute approximate surface area is 148 Å². The van der Waals surface area contributed by atoms with E-state index >= 15 is 0 Å². The lowest BCUT2D eigenvalue weighted by Crippen LogP contribution is -2.41. The quantitative estimate of drug-likeness (QED) is 0.566. The first kappa shape index (κ1) is 17.5. The van der Waals surface area contributed by atoms with Gasteiger partial charge in [0.15, 0.2) is 8.32 Å². The molecule has 0 saturated heterocycles. The van der Waals surface area contributed by atoms with E-state index in [0.717, 1.165) is 19.4 Å². The first-order valence-electron chi connectivity index (χ1n) is 9.05. The Balaban J connectivity index is 1.86. The van der Waals surface area contributed by atoms with Gasteiger partial charge in [0, 0.05) is 36.5 Å². The Morgan fingerprint density at radius 1 is 1.08 bits per heavy atom. The molecule has 0 amide bonds. The topological polar surface area (TPSA) is 14.2 Å². The van der Waals surface area contributed by atoms with Crippen molar-refractivity contribution in [1.29, 1.82) is 0 Å². The van der Waals surface area contributed by atoms with Crippen molar-refractivity contribution in [1.82, 2.24) is 4.57 Å². The third-order valence-corrected chi connectivity index (χ3v) is 10.7. The summed E-state index contributed by atoms with van der Waals surface area (Å²) in [5.74, 6) is 0. The molecule has 1 aliphatic heterocycles. The van der Waals surface area contributed by atoms with Crippen molar-refractivity contribution >= 4 is 8.32 Å². The van der Waals surface area contributed by atoms with Crippen LogP contribution in [0.1, 0.15) is 48.8 Å². The van der Waals surface area contributed by atoms with E-state index in [9.17, 15) is 0 Å². The Hall–Kier alpha value is -1.32. The van der Waals surface area contributed by atoms with Crippen molar-refractivity contribution in [2.24, 2.45) is 0 Å². The Morgan fingerprint density at radius 3 is 2.42 bits per heavy atom. The molecule has 0 fully saturated rings. The number of fused-ring (bicyclic) bond motifs is 3. The van der Waals surface area contributed by atoms with E-state index in [4.69, 9.17) is 4.43 Å². The molecule has 1 aromatic heterocycles. The highest BCUT2D eigenvalue weighted by atomic mass is 28.4. The first-order chi connectivity index (χ1) is 11.1. The molecule has 2 heterocycles. The number of aromatic nitrogens is 1. The van der Waals surface area contributed by atoms with Crippen molar-refractivity contribution < 1.29 is 4.43 Å². The SMILES string of the molecule is Cc1c(C)c2n(c1CCO[Si](C)(C)C(C)(C)C)-c1ccccc1C2. The molecule has 2 aromatic rings. The monoisotopic (exact) mass is 341 g/mol. The van der Waals surface area contributed by atoms with Crippen molar-refractivity contribution in [3.05, 3.63) is 52.3 Å². The van der Waals surface area contributed by atoms with E-state index in [1.165, 1.54) is 33.8 Å². The molecule has 1 aromatic carbocycles. The molecule has 130 valence electrons. The molecule has 0 radical (unpaired) electrons. The molecule has 0 bridgehead atoms. The second-order valence-electron chi connectivity index (χ2n) is 8.64. The lowest BCUT2D eigenvalue weighted by atomic mass is 10.1. The third kappa shape index (κ3) is 2.78. The van der Waals surface area contributed by atoms with E-state index < -0.39 is 8.32 Å². The highest BCUT2D eigenvalue weighted by Gasteiger charge is 2.37. The zero-order valence-corrected chi connectivity index (χ0v) is 17.3. The van der Waals surface area contributed by atoms with Crippen LogP contribution >= 0.6 is 0 Å². The van der Waals surface area contributed by atoms with Crippen LogP contribution in [0.5, 0.6) is 0 Å². The first-order valence-corrected chi connectivity index (χ1v) is 12.0. The Kier molecular flexibility index (Phi) is 4.29. The summed E-state index contributed by atoms with van der Waals surface area (Å²) in [6.07, 6.45) is 2.06. The molecule has 0 aliphatic carbocycles. The van der Waals surface area contributed by atoms with Crippen LogP contribution in [0.4, 0.5) is 0 Å². The molecule has 24 heavy (non-hydrogen) atoms. The highest BCUT2D eigenvalue weighted by molar-refractivity contribution is 6.74. The summed E-state index contributed by atoms with van der Waals surface area (Å²) < 4.78 is 8.93. The van der Waals surface area contributed by atoms with Gasteiger partial charge >= 0.3 is 0 Å². The summed E-state index contributed by atoms with van der Waals surface area (Å²) in [5, 5.41) is 0.270. The molecular weight excluding hydrogens is 310 g/mol. The van der Waals surface area contributed by atoms with Crippen LogP contribution < -0.4 is 0 Å². The van der Waals surface area contributed by atoms with Gasteiger partial charge in [0.2, 0.25) is 0 Å². The Bertz CT molecular complexity index is 765. The second-order valence-corrected chi connectivity index (χ2v) is 13.5. The minimum atomic E-state index is -1.68. The van der Waals surface area contributed by atoms with E-state index in [1.54, 1.807) is 0 Å². The molecular formula is C21H31NOSi. The zero-order valence-electron chi connectivity index (χ0n) is 16.3. The minimum Gasteiger partial charge on any atom is -0.416 e. The van der Waals surface area contributed by atoms with Gasteiger partial charge in [-0.2, -0.15) is 0 Å². The van der Waals surface area contributed by atoms with Crippen molar-refractivity contribution in [3.63, 3.8) is 0 Å². The number of benzene rings is 1. The largest absolute Gasteiger partial charge is 0.416 e. The van der Waals surface area contributed by atoms with E-state index in [0.29, 0.717) is 0 Å². The van der Waals surface area contributed by atoms with Crippen LogP contribution in [0.15, 0.2) is 24.3 Å². The van der Waals surface area contributed by atoms with Crippen LogP contribution in [-0.2, 0) is 17.3 Å². The fourth-order valence-electron chi connectivity index (χ4n) is 3.41. The molecule has 3 rings (SSSR count). The maximum atomic E-state index is 6.44. The standard InChI is InChI=1S/C21H31NOSi/c1-15-16(2)20-14-17-10-8-9-11-19(17)22(20)18(15)12-13-23-24(6,7)21(3,4)5/h8-11H,12-14H2,1-7H3. The predicted molar refractivity (Wildman–Crippen MR) is 105 cm³/mol. The van der Waals surface area contributed by atoms with E-state index in [2.05, 4.69) is 76.5 Å². The number of hydrogen-bond donors (Lipinski definition) is 0. The molecule has 0 spiro atoms. The van der Waals surface area contributed by atoms with Gasteiger partial charge in [0.1, 0.15) is 0 Å². The molecule has 0 N–H and O–H groups in total. The van der Waals surface area contributed by atoms with Gasteiger partial charge in [-0.1, -0.05) is 39.0 Å². The Morgan fingerprint density at radius 2 is 1.75 bits per heavy atom. The summed E-state index contributed by atoms with van der Waals surface area (Å²) in [7, 11) is -1.68. The molecule has 0 saturated carbocycles. The smallest absolute Gasteiger partial charge is 0.191 e. The fraction of sp³-hybridized carbons (Fsp3) is 0.524. The summed E-state index contributed by atoms with van der Waals surface area (Å²) >= 11 is 0. The molecule has 3 heteroatoms. The van der Waals surface area contributed by atoms with Crippen molar-refractivity contribution in [2.75, 3.05) is 6.61 Å². The third-order valence-electron chi connectivity index (χ3n) is 6.17. The van der Waals surface area contributed by atoms with Gasteiger partial charge in [-0.05, 0) is 54.7 Å². The van der Waals surface area contributed by atoms with Gasteiger partial charge in [0.05, 0.1) is 0 Å². The van der Waals surface area contributed by atoms with Crippen LogP contribution in [0.2, 0.25) is 18.1 Å². The van der Waals surface area contributed by atoms with Gasteiger partial charge in [-0.15, -0.1) is 0 Å². The average Bonchev–Trinajstić information content (AvgIpc) is 2.97. The van der Waals surface area contributed by atoms with Crippen molar-refractivity contribution in [3.8, 4) is 5.69 Å². The van der Waals surface area contributed by atoms with Gasteiger partial charge < -0.3 is 8.99 Å². The molecule has 0 atom stereocenters. The van der Waals surface area contributed by atoms with Crippen LogP contribution in [0, 0.1) is 13.8 Å². The average molecular weight is 342 g/mol. The molecule has 0 unspecified atom stereocenters. The van der Waals surface area contributed by atoms with Crippen LogP contribution in [0.3, 0.4) is 0 Å². The minimum absolute atomic E-state index is 0.270. The highest BCUT2D eigenvalue weighted by Crippen LogP contribution is 2.38. The normalized spacial score (nSPS) is 14.0. The van der Waals surface area contributed by atoms with E-state index in [1.807, 2.05) is 0 Å². The maximum absolute atomic E-state index is 6.44. The van der Waals surface area contributed by atoms with Gasteiger partial charge in [-0.3, -0.25) is 0 Å². The number of hydrogen-bond acceptors (Lipinski definition) is 1. The second kappa shape index (κ2) is 5.89. The summed E-state index contributed by atoms with van der Waals surface area (Å²) in [4.78, 5) is 0. The van der Waals surface area contributed by atoms with Crippen molar-refractivity contribution in [2.45, 2.75) is 65.6 Å². The summed E-state index contributed by atoms with van der Waals surface area (Å²) in [5.41, 5.74) is 8.61. The summed E-state index contributed by atoms with van der Waals surface area (Å²) in [6.45, 7) is 16.9. The molecule has 1 aliphatic rings. The lowest BCUT2D eigenvalue weighted by Gasteiger charge is -2.36. The summed E-state index contributed by atoms with van der Waals surface area (Å²) in [6, 6.07) is 8.80. The van der Waals surface area contributed by atoms with Crippen LogP contribution in [0.25, 0.3) is 5.69 Å². The number of nitrogens with zero attached hydrogens (tertiary/aromatic N) is 1. The molecule has 2 nitrogen and oxygen atoms in total. The van der Waals surface area contributed by atoms with Crippen LogP contribution in [-0.4, -0.2) is 19.5 Å². The fourth-order valence-corrected chi connectivity index (χ4v) is 4.46. The van der Waals surface area contributed by atoms with E-state index in [-0.39, 0.29) is 5.04 Å². The zero-order chi connectivity index (χ0) is 17.7. The van der Waals surface area contributed by atoms with Gasteiger partial charge in [-0.25, -0.2) is 0 Å². The number of para-hydroxylation sites is 1.